The van der Waals surface area contributed by atoms with Crippen LogP contribution in [0.3, 0.4) is 0 Å². The fourth-order valence-corrected chi connectivity index (χ4v) is 5.32. The van der Waals surface area contributed by atoms with Crippen molar-refractivity contribution in [3.63, 3.8) is 0 Å². The van der Waals surface area contributed by atoms with Crippen LogP contribution in [0.25, 0.3) is 10.4 Å². The molecule has 1 aromatic heterocycles. The summed E-state index contributed by atoms with van der Waals surface area (Å²) in [5.41, 5.74) is 6.88. The van der Waals surface area contributed by atoms with Crippen LogP contribution in [0.4, 0.5) is 0 Å². The van der Waals surface area contributed by atoms with Crippen molar-refractivity contribution in [3.8, 4) is 10.4 Å². The first kappa shape index (κ1) is 28.1. The van der Waals surface area contributed by atoms with Crippen LogP contribution in [-0.4, -0.2) is 45.2 Å². The molecule has 2 amide bonds. The van der Waals surface area contributed by atoms with Crippen LogP contribution < -0.4 is 5.73 Å². The molecule has 3 aromatic rings. The van der Waals surface area contributed by atoms with Gasteiger partial charge in [-0.25, -0.2) is 0 Å². The SMILES string of the molecule is CC(=O)c1ccc(-c2ccc(C(=O)N([C@@H](CCC(=O)O)C(N)=O)C(C)(C)Cc3ccc(Cl)cc3)cc2)s1. The van der Waals surface area contributed by atoms with Gasteiger partial charge < -0.3 is 15.7 Å². The van der Waals surface area contributed by atoms with Gasteiger partial charge in [0.2, 0.25) is 5.91 Å². The summed E-state index contributed by atoms with van der Waals surface area (Å²) in [7, 11) is 0. The second kappa shape index (κ2) is 11.7. The second-order valence-electron chi connectivity index (χ2n) is 9.44. The molecule has 0 saturated heterocycles. The van der Waals surface area contributed by atoms with Gasteiger partial charge in [-0.05, 0) is 81.1 Å². The van der Waals surface area contributed by atoms with E-state index < -0.39 is 29.4 Å². The standard InChI is InChI=1S/C28H29ClN2O5S/c1-17(32)23-13-14-24(37-23)19-6-8-20(9-7-19)27(36)31(22(26(30)35)12-15-25(33)34)28(2,3)16-18-4-10-21(29)11-5-18/h4-11,13-14,22H,12,15-16H2,1-3H3,(H2,30,35)(H,33,34)/t22-/m0/s1. The van der Waals surface area contributed by atoms with E-state index >= 15 is 0 Å². The van der Waals surface area contributed by atoms with E-state index in [9.17, 15) is 24.3 Å². The number of amides is 2. The number of halogens is 1. The zero-order valence-electron chi connectivity index (χ0n) is 20.9. The number of nitrogens with two attached hydrogens (primary N) is 1. The highest BCUT2D eigenvalue weighted by molar-refractivity contribution is 7.17. The zero-order chi connectivity index (χ0) is 27.3. The molecule has 3 N–H and O–H groups in total. The van der Waals surface area contributed by atoms with Gasteiger partial charge in [0, 0.05) is 27.4 Å². The zero-order valence-corrected chi connectivity index (χ0v) is 22.4. The number of aliphatic carboxylic acids is 1. The molecule has 9 heteroatoms. The third-order valence-corrected chi connectivity index (χ3v) is 7.55. The van der Waals surface area contributed by atoms with Gasteiger partial charge in [0.05, 0.1) is 4.88 Å². The number of carbonyl (C=O) groups is 4. The number of hydrogen-bond acceptors (Lipinski definition) is 5. The Morgan fingerprint density at radius 2 is 1.62 bits per heavy atom. The van der Waals surface area contributed by atoms with Gasteiger partial charge in [-0.15, -0.1) is 11.3 Å². The van der Waals surface area contributed by atoms with E-state index in [4.69, 9.17) is 17.3 Å². The maximum Gasteiger partial charge on any atom is 0.303 e. The fraction of sp³-hybridized carbons (Fsp3) is 0.286. The van der Waals surface area contributed by atoms with Gasteiger partial charge in [-0.2, -0.15) is 0 Å². The van der Waals surface area contributed by atoms with Crippen LogP contribution in [0.2, 0.25) is 5.02 Å². The van der Waals surface area contributed by atoms with Gasteiger partial charge in [-0.3, -0.25) is 19.2 Å². The first-order valence-corrected chi connectivity index (χ1v) is 12.9. The average Bonchev–Trinajstić information content (AvgIpc) is 3.33. The van der Waals surface area contributed by atoms with Crippen molar-refractivity contribution in [1.82, 2.24) is 4.90 Å². The van der Waals surface area contributed by atoms with E-state index in [-0.39, 0.29) is 18.6 Å². The third-order valence-electron chi connectivity index (χ3n) is 6.06. The Morgan fingerprint density at radius 3 is 2.14 bits per heavy atom. The summed E-state index contributed by atoms with van der Waals surface area (Å²) in [5.74, 6) is -2.30. The highest BCUT2D eigenvalue weighted by Crippen LogP contribution is 2.31. The Labute approximate surface area is 224 Å². The Hall–Kier alpha value is -3.49. The highest BCUT2D eigenvalue weighted by atomic mass is 35.5. The minimum Gasteiger partial charge on any atom is -0.481 e. The molecular weight excluding hydrogens is 512 g/mol. The van der Waals surface area contributed by atoms with E-state index in [0.29, 0.717) is 21.9 Å². The Balaban J connectivity index is 1.97. The van der Waals surface area contributed by atoms with Crippen LogP contribution in [0.15, 0.2) is 60.7 Å². The molecule has 3 rings (SSSR count). The molecule has 0 aliphatic carbocycles. The van der Waals surface area contributed by atoms with E-state index in [0.717, 1.165) is 16.0 Å². The van der Waals surface area contributed by atoms with Crippen molar-refractivity contribution in [1.29, 1.82) is 0 Å². The van der Waals surface area contributed by atoms with Crippen LogP contribution in [0.1, 0.15) is 59.2 Å². The minimum atomic E-state index is -1.12. The summed E-state index contributed by atoms with van der Waals surface area (Å²) in [6, 6.07) is 16.6. The summed E-state index contributed by atoms with van der Waals surface area (Å²) in [6.07, 6.45) is -0.0420. The molecule has 7 nitrogen and oxygen atoms in total. The highest BCUT2D eigenvalue weighted by Gasteiger charge is 2.39. The number of thiophene rings is 1. The number of Topliss-reactive ketones (excluding diaryl/α,β-unsaturated/α-hetero) is 1. The molecule has 1 atom stereocenters. The number of hydrogen-bond donors (Lipinski definition) is 2. The van der Waals surface area contributed by atoms with Crippen LogP contribution in [0, 0.1) is 0 Å². The first-order valence-electron chi connectivity index (χ1n) is 11.7. The lowest BCUT2D eigenvalue weighted by Crippen LogP contribution is -2.58. The van der Waals surface area contributed by atoms with Crippen LogP contribution in [0.5, 0.6) is 0 Å². The van der Waals surface area contributed by atoms with Crippen molar-refractivity contribution in [2.75, 3.05) is 0 Å². The normalized spacial score (nSPS) is 12.1. The molecule has 0 bridgehead atoms. The maximum atomic E-state index is 13.9. The van der Waals surface area contributed by atoms with Crippen LogP contribution >= 0.6 is 22.9 Å². The van der Waals surface area contributed by atoms with Gasteiger partial charge >= 0.3 is 5.97 Å². The smallest absolute Gasteiger partial charge is 0.303 e. The lowest BCUT2D eigenvalue weighted by molar-refractivity contribution is -0.137. The predicted molar refractivity (Wildman–Crippen MR) is 145 cm³/mol. The predicted octanol–water partition coefficient (Wildman–Crippen LogP) is 5.45. The van der Waals surface area contributed by atoms with Crippen molar-refractivity contribution in [3.05, 3.63) is 81.7 Å². The number of primary amides is 1. The van der Waals surface area contributed by atoms with Crippen molar-refractivity contribution < 1.29 is 24.3 Å². The van der Waals surface area contributed by atoms with Crippen molar-refractivity contribution >= 4 is 46.5 Å². The number of benzene rings is 2. The number of rotatable bonds is 11. The summed E-state index contributed by atoms with van der Waals surface area (Å²) in [4.78, 5) is 52.3. The summed E-state index contributed by atoms with van der Waals surface area (Å²) in [6.45, 7) is 5.15. The Kier molecular flexibility index (Phi) is 8.89. The fourth-order valence-electron chi connectivity index (χ4n) is 4.28. The molecule has 0 aliphatic rings. The average molecular weight is 541 g/mol. The molecule has 0 saturated carbocycles. The first-order chi connectivity index (χ1) is 17.4. The van der Waals surface area contributed by atoms with Gasteiger partial charge in [0.1, 0.15) is 6.04 Å². The topological polar surface area (TPSA) is 118 Å². The number of nitrogens with zero attached hydrogens (tertiary/aromatic N) is 1. The van der Waals surface area contributed by atoms with E-state index in [1.54, 1.807) is 42.5 Å². The number of carboxylic acid groups (broad SMARTS) is 1. The number of ketones is 1. The summed E-state index contributed by atoms with van der Waals surface area (Å²) in [5, 5.41) is 9.81. The van der Waals surface area contributed by atoms with Crippen molar-refractivity contribution in [2.45, 2.75) is 51.6 Å². The molecule has 0 spiro atoms. The molecule has 37 heavy (non-hydrogen) atoms. The lowest BCUT2D eigenvalue weighted by Gasteiger charge is -2.43. The summed E-state index contributed by atoms with van der Waals surface area (Å²) >= 11 is 7.38. The second-order valence-corrected chi connectivity index (χ2v) is 11.0. The van der Waals surface area contributed by atoms with Gasteiger partial charge in [0.15, 0.2) is 5.78 Å². The molecule has 1 heterocycles. The molecule has 0 unspecified atom stereocenters. The lowest BCUT2D eigenvalue weighted by atomic mass is 9.89. The van der Waals surface area contributed by atoms with E-state index in [1.807, 2.05) is 32.0 Å². The van der Waals surface area contributed by atoms with Crippen LogP contribution in [-0.2, 0) is 16.0 Å². The van der Waals surface area contributed by atoms with Gasteiger partial charge in [-0.1, -0.05) is 35.9 Å². The molecule has 0 aliphatic heterocycles. The van der Waals surface area contributed by atoms with Gasteiger partial charge in [0.25, 0.3) is 5.91 Å². The third kappa shape index (κ3) is 7.05. The quantitative estimate of drug-likeness (QED) is 0.313. The van der Waals surface area contributed by atoms with E-state index in [1.165, 1.54) is 23.2 Å². The molecule has 194 valence electrons. The van der Waals surface area contributed by atoms with E-state index in [2.05, 4.69) is 0 Å². The largest absolute Gasteiger partial charge is 0.481 e. The molecule has 0 fully saturated rings. The monoisotopic (exact) mass is 540 g/mol. The number of carbonyl (C=O) groups excluding carboxylic acids is 3. The molecule has 0 radical (unpaired) electrons. The Bertz CT molecular complexity index is 1300. The summed E-state index contributed by atoms with van der Waals surface area (Å²) < 4.78 is 0. The Morgan fingerprint density at radius 1 is 1.00 bits per heavy atom. The number of carboxylic acids is 1. The minimum absolute atomic E-state index is 0.0135. The van der Waals surface area contributed by atoms with Crippen molar-refractivity contribution in [2.24, 2.45) is 5.73 Å². The maximum absolute atomic E-state index is 13.9. The molecule has 2 aromatic carbocycles. The molecular formula is C28H29ClN2O5S.